The van der Waals surface area contributed by atoms with Crippen LogP contribution in [-0.4, -0.2) is 4.98 Å². The van der Waals surface area contributed by atoms with Crippen LogP contribution in [0.15, 0.2) is 30.6 Å². The van der Waals surface area contributed by atoms with Crippen LogP contribution in [0, 0.1) is 0 Å². The Hall–Kier alpha value is -1.28. The van der Waals surface area contributed by atoms with Gasteiger partial charge >= 0.3 is 0 Å². The van der Waals surface area contributed by atoms with E-state index < -0.39 is 0 Å². The van der Waals surface area contributed by atoms with E-state index in [4.69, 9.17) is 17.3 Å². The Morgan fingerprint density at radius 1 is 1.17 bits per heavy atom. The molecule has 0 amide bonds. The number of aromatic nitrogens is 1. The van der Waals surface area contributed by atoms with Gasteiger partial charge in [0.15, 0.2) is 0 Å². The molecule has 2 N–H and O–H groups in total. The van der Waals surface area contributed by atoms with Crippen molar-refractivity contribution in [2.45, 2.75) is 0 Å². The number of rotatable bonds is 0. The Bertz CT molecular complexity index is 385. The summed E-state index contributed by atoms with van der Waals surface area (Å²) in [7, 11) is 0. The van der Waals surface area contributed by atoms with E-state index in [2.05, 4.69) is 4.98 Å². The van der Waals surface area contributed by atoms with Gasteiger partial charge in [-0.1, -0.05) is 23.7 Å². The van der Waals surface area contributed by atoms with E-state index in [9.17, 15) is 0 Å². The molecule has 1 heterocycles. The van der Waals surface area contributed by atoms with E-state index in [1.54, 1.807) is 12.4 Å². The standard InChI is InChI=1S/C9H7ClN2/c10-8-5-12-4-7-6(8)2-1-3-9(7)11/h1-5H,11H2. The number of halogens is 1. The van der Waals surface area contributed by atoms with E-state index in [1.165, 1.54) is 0 Å². The predicted octanol–water partition coefficient (Wildman–Crippen LogP) is 2.47. The Morgan fingerprint density at radius 2 is 2.00 bits per heavy atom. The third kappa shape index (κ3) is 1.01. The van der Waals surface area contributed by atoms with E-state index in [0.29, 0.717) is 10.7 Å². The smallest absolute Gasteiger partial charge is 0.0668 e. The van der Waals surface area contributed by atoms with Crippen LogP contribution in [0.4, 0.5) is 5.69 Å². The normalized spacial score (nSPS) is 10.4. The molecule has 2 nitrogen and oxygen atoms in total. The maximum absolute atomic E-state index is 5.91. The monoisotopic (exact) mass is 178 g/mol. The van der Waals surface area contributed by atoms with Crippen LogP contribution < -0.4 is 5.73 Å². The van der Waals surface area contributed by atoms with Crippen molar-refractivity contribution in [3.8, 4) is 0 Å². The highest BCUT2D eigenvalue weighted by molar-refractivity contribution is 6.35. The fourth-order valence-electron chi connectivity index (χ4n) is 1.18. The molecule has 60 valence electrons. The van der Waals surface area contributed by atoms with Gasteiger partial charge in [0.1, 0.15) is 0 Å². The zero-order chi connectivity index (χ0) is 8.55. The van der Waals surface area contributed by atoms with Crippen molar-refractivity contribution < 1.29 is 0 Å². The lowest BCUT2D eigenvalue weighted by molar-refractivity contribution is 1.36. The van der Waals surface area contributed by atoms with E-state index in [0.717, 1.165) is 10.8 Å². The van der Waals surface area contributed by atoms with Crippen LogP contribution >= 0.6 is 11.6 Å². The zero-order valence-corrected chi connectivity index (χ0v) is 7.05. The van der Waals surface area contributed by atoms with Crippen LogP contribution in [0.2, 0.25) is 5.02 Å². The Balaban J connectivity index is 2.94. The summed E-state index contributed by atoms with van der Waals surface area (Å²) >= 11 is 5.91. The van der Waals surface area contributed by atoms with Crippen LogP contribution in [-0.2, 0) is 0 Å². The van der Waals surface area contributed by atoms with Crippen LogP contribution in [0.5, 0.6) is 0 Å². The third-order valence-electron chi connectivity index (χ3n) is 1.79. The largest absolute Gasteiger partial charge is 0.398 e. The maximum atomic E-state index is 5.91. The molecule has 0 aliphatic rings. The lowest BCUT2D eigenvalue weighted by Crippen LogP contribution is -1.87. The molecule has 0 bridgehead atoms. The van der Waals surface area contributed by atoms with Gasteiger partial charge in [0.05, 0.1) is 5.02 Å². The highest BCUT2D eigenvalue weighted by Crippen LogP contribution is 2.25. The number of pyridine rings is 1. The zero-order valence-electron chi connectivity index (χ0n) is 6.29. The summed E-state index contributed by atoms with van der Waals surface area (Å²) in [6.45, 7) is 0. The summed E-state index contributed by atoms with van der Waals surface area (Å²) in [6, 6.07) is 5.64. The number of anilines is 1. The Morgan fingerprint density at radius 3 is 2.75 bits per heavy atom. The molecule has 0 saturated heterocycles. The van der Waals surface area contributed by atoms with Gasteiger partial charge in [0, 0.05) is 28.9 Å². The van der Waals surface area contributed by atoms with E-state index in [-0.39, 0.29) is 0 Å². The molecule has 12 heavy (non-hydrogen) atoms. The minimum Gasteiger partial charge on any atom is -0.398 e. The number of benzene rings is 1. The summed E-state index contributed by atoms with van der Waals surface area (Å²) in [4.78, 5) is 3.96. The lowest BCUT2D eigenvalue weighted by atomic mass is 10.1. The Labute approximate surface area is 75.0 Å². The molecule has 1 aromatic carbocycles. The Kier molecular flexibility index (Phi) is 1.62. The van der Waals surface area contributed by atoms with Gasteiger partial charge in [-0.3, -0.25) is 4.98 Å². The number of nitrogens with two attached hydrogens (primary N) is 1. The fraction of sp³-hybridized carbons (Fsp3) is 0. The molecule has 0 radical (unpaired) electrons. The fourth-order valence-corrected chi connectivity index (χ4v) is 1.40. The second-order valence-corrected chi connectivity index (χ2v) is 2.97. The topological polar surface area (TPSA) is 38.9 Å². The summed E-state index contributed by atoms with van der Waals surface area (Å²) in [5, 5.41) is 2.50. The molecule has 2 aromatic rings. The second-order valence-electron chi connectivity index (χ2n) is 2.56. The van der Waals surface area contributed by atoms with Gasteiger partial charge in [-0.2, -0.15) is 0 Å². The summed E-state index contributed by atoms with van der Waals surface area (Å²) in [5.41, 5.74) is 6.44. The molecule has 0 atom stereocenters. The van der Waals surface area contributed by atoms with Gasteiger partial charge in [-0.05, 0) is 6.07 Å². The first-order valence-electron chi connectivity index (χ1n) is 3.57. The molecule has 0 unspecified atom stereocenters. The van der Waals surface area contributed by atoms with Crippen molar-refractivity contribution in [2.24, 2.45) is 0 Å². The highest BCUT2D eigenvalue weighted by atomic mass is 35.5. The summed E-state index contributed by atoms with van der Waals surface area (Å²) in [5.74, 6) is 0. The quantitative estimate of drug-likeness (QED) is 0.630. The molecule has 0 fully saturated rings. The molecule has 0 aliphatic carbocycles. The lowest BCUT2D eigenvalue weighted by Gasteiger charge is -2.01. The van der Waals surface area contributed by atoms with Crippen LogP contribution in [0.3, 0.4) is 0 Å². The van der Waals surface area contributed by atoms with Crippen molar-refractivity contribution in [3.05, 3.63) is 35.6 Å². The first-order valence-corrected chi connectivity index (χ1v) is 3.94. The first-order chi connectivity index (χ1) is 5.79. The first kappa shape index (κ1) is 7.37. The minimum atomic E-state index is 0.639. The number of hydrogen-bond donors (Lipinski definition) is 1. The van der Waals surface area contributed by atoms with Crippen molar-refractivity contribution >= 4 is 28.1 Å². The van der Waals surface area contributed by atoms with Gasteiger partial charge in [-0.15, -0.1) is 0 Å². The van der Waals surface area contributed by atoms with Crippen LogP contribution in [0.1, 0.15) is 0 Å². The number of nitrogens with zero attached hydrogens (tertiary/aromatic N) is 1. The molecule has 1 aromatic heterocycles. The second kappa shape index (κ2) is 2.64. The van der Waals surface area contributed by atoms with Crippen LogP contribution in [0.25, 0.3) is 10.8 Å². The third-order valence-corrected chi connectivity index (χ3v) is 2.09. The van der Waals surface area contributed by atoms with E-state index in [1.807, 2.05) is 18.2 Å². The van der Waals surface area contributed by atoms with Crippen molar-refractivity contribution in [3.63, 3.8) is 0 Å². The van der Waals surface area contributed by atoms with E-state index >= 15 is 0 Å². The maximum Gasteiger partial charge on any atom is 0.0668 e. The molecule has 0 saturated carbocycles. The number of hydrogen-bond acceptors (Lipinski definition) is 2. The highest BCUT2D eigenvalue weighted by Gasteiger charge is 1.99. The van der Waals surface area contributed by atoms with Gasteiger partial charge < -0.3 is 5.73 Å². The number of nitrogen functional groups attached to an aromatic ring is 1. The molecular formula is C9H7ClN2. The molecular weight excluding hydrogens is 172 g/mol. The van der Waals surface area contributed by atoms with Crippen molar-refractivity contribution in [1.82, 2.24) is 4.98 Å². The number of fused-ring (bicyclic) bond motifs is 1. The predicted molar refractivity (Wildman–Crippen MR) is 51.2 cm³/mol. The van der Waals surface area contributed by atoms with Gasteiger partial charge in [0.2, 0.25) is 0 Å². The average Bonchev–Trinajstić information content (AvgIpc) is 2.07. The van der Waals surface area contributed by atoms with Gasteiger partial charge in [-0.25, -0.2) is 0 Å². The molecule has 0 aliphatic heterocycles. The SMILES string of the molecule is Nc1cccc2c(Cl)cncc12. The minimum absolute atomic E-state index is 0.639. The molecule has 2 rings (SSSR count). The average molecular weight is 179 g/mol. The summed E-state index contributed by atoms with van der Waals surface area (Å²) < 4.78 is 0. The summed E-state index contributed by atoms with van der Waals surface area (Å²) in [6.07, 6.45) is 3.33. The van der Waals surface area contributed by atoms with Crippen molar-refractivity contribution in [2.75, 3.05) is 5.73 Å². The van der Waals surface area contributed by atoms with Gasteiger partial charge in [0.25, 0.3) is 0 Å². The molecule has 3 heteroatoms. The molecule has 0 spiro atoms. The van der Waals surface area contributed by atoms with Crippen molar-refractivity contribution in [1.29, 1.82) is 0 Å².